The lowest BCUT2D eigenvalue weighted by atomic mass is 9.98. The van der Waals surface area contributed by atoms with Crippen molar-refractivity contribution >= 4 is 0 Å². The first-order chi connectivity index (χ1) is 7.69. The topological polar surface area (TPSA) is 29.5 Å². The van der Waals surface area contributed by atoms with E-state index < -0.39 is 17.9 Å². The van der Waals surface area contributed by atoms with E-state index in [0.29, 0.717) is 17.7 Å². The van der Waals surface area contributed by atoms with Gasteiger partial charge in [0.05, 0.1) is 0 Å². The van der Waals surface area contributed by atoms with Crippen molar-refractivity contribution in [1.29, 1.82) is 0 Å². The standard InChI is InChI=1S/C12H13F3O2/c1-11(2)6-8-5-7(3-4-9(8)17-11)10(16)12(13,14)15/h3-5,10,16H,6H2,1-2H3. The van der Waals surface area contributed by atoms with E-state index in [1.807, 2.05) is 13.8 Å². The average molecular weight is 246 g/mol. The van der Waals surface area contributed by atoms with Crippen molar-refractivity contribution in [2.45, 2.75) is 38.1 Å². The van der Waals surface area contributed by atoms with Crippen molar-refractivity contribution < 1.29 is 23.0 Å². The van der Waals surface area contributed by atoms with Crippen molar-refractivity contribution in [1.82, 2.24) is 0 Å². The van der Waals surface area contributed by atoms with Gasteiger partial charge in [-0.15, -0.1) is 0 Å². The maximum Gasteiger partial charge on any atom is 0.418 e. The maximum absolute atomic E-state index is 12.4. The molecule has 0 saturated carbocycles. The molecule has 0 radical (unpaired) electrons. The monoisotopic (exact) mass is 246 g/mol. The van der Waals surface area contributed by atoms with E-state index in [1.165, 1.54) is 18.2 Å². The van der Waals surface area contributed by atoms with Crippen LogP contribution < -0.4 is 4.74 Å². The number of aliphatic hydroxyl groups excluding tert-OH is 1. The molecule has 0 bridgehead atoms. The summed E-state index contributed by atoms with van der Waals surface area (Å²) < 4.78 is 42.6. The Hall–Kier alpha value is -1.23. The fourth-order valence-electron chi connectivity index (χ4n) is 1.99. The summed E-state index contributed by atoms with van der Waals surface area (Å²) in [6.07, 6.45) is -6.53. The summed E-state index contributed by atoms with van der Waals surface area (Å²) in [6.45, 7) is 3.74. The quantitative estimate of drug-likeness (QED) is 0.825. The minimum Gasteiger partial charge on any atom is -0.487 e. The lowest BCUT2D eigenvalue weighted by Gasteiger charge is -2.16. The molecule has 1 heterocycles. The van der Waals surface area contributed by atoms with E-state index in [-0.39, 0.29) is 5.56 Å². The minimum absolute atomic E-state index is 0.141. The van der Waals surface area contributed by atoms with Crippen LogP contribution in [0.3, 0.4) is 0 Å². The Bertz CT molecular complexity index is 438. The van der Waals surface area contributed by atoms with Crippen molar-refractivity contribution in [3.05, 3.63) is 29.3 Å². The molecule has 0 amide bonds. The van der Waals surface area contributed by atoms with Gasteiger partial charge in [0.15, 0.2) is 6.10 Å². The lowest BCUT2D eigenvalue weighted by molar-refractivity contribution is -0.206. The predicted octanol–water partition coefficient (Wildman–Crippen LogP) is 3.00. The third-order valence-electron chi connectivity index (χ3n) is 2.71. The van der Waals surface area contributed by atoms with E-state index in [4.69, 9.17) is 9.84 Å². The molecule has 1 N–H and O–H groups in total. The van der Waals surface area contributed by atoms with Gasteiger partial charge in [0.1, 0.15) is 11.4 Å². The predicted molar refractivity (Wildman–Crippen MR) is 55.9 cm³/mol. The molecule has 17 heavy (non-hydrogen) atoms. The van der Waals surface area contributed by atoms with Crippen LogP contribution in [0.4, 0.5) is 13.2 Å². The fraction of sp³-hybridized carbons (Fsp3) is 0.500. The Labute approximate surface area is 97.0 Å². The molecule has 1 aliphatic rings. The Balaban J connectivity index is 2.31. The van der Waals surface area contributed by atoms with Gasteiger partial charge in [0, 0.05) is 6.42 Å². The van der Waals surface area contributed by atoms with Crippen LogP contribution in [0.25, 0.3) is 0 Å². The molecule has 5 heteroatoms. The number of aliphatic hydroxyl groups is 1. The number of fused-ring (bicyclic) bond motifs is 1. The van der Waals surface area contributed by atoms with Gasteiger partial charge in [-0.05, 0) is 37.1 Å². The van der Waals surface area contributed by atoms with Gasteiger partial charge in [-0.25, -0.2) is 0 Å². The van der Waals surface area contributed by atoms with Gasteiger partial charge in [-0.2, -0.15) is 13.2 Å². The summed E-state index contributed by atoms with van der Waals surface area (Å²) in [5, 5.41) is 9.15. The molecule has 0 saturated heterocycles. The second-order valence-electron chi connectivity index (χ2n) is 4.85. The van der Waals surface area contributed by atoms with Gasteiger partial charge in [-0.1, -0.05) is 6.07 Å². The minimum atomic E-state index is -4.64. The molecule has 1 aromatic rings. The number of hydrogen-bond acceptors (Lipinski definition) is 2. The van der Waals surface area contributed by atoms with E-state index in [0.717, 1.165) is 0 Å². The van der Waals surface area contributed by atoms with Gasteiger partial charge >= 0.3 is 6.18 Å². The summed E-state index contributed by atoms with van der Waals surface area (Å²) in [4.78, 5) is 0. The highest BCUT2D eigenvalue weighted by molar-refractivity contribution is 5.42. The molecular weight excluding hydrogens is 233 g/mol. The molecule has 0 spiro atoms. The molecule has 1 aliphatic heterocycles. The first-order valence-corrected chi connectivity index (χ1v) is 5.26. The zero-order valence-corrected chi connectivity index (χ0v) is 9.51. The largest absolute Gasteiger partial charge is 0.487 e. The molecule has 2 rings (SSSR count). The Morgan fingerprint density at radius 1 is 1.35 bits per heavy atom. The number of rotatable bonds is 1. The number of ether oxygens (including phenoxy) is 1. The molecule has 1 atom stereocenters. The number of alkyl halides is 3. The molecule has 0 aromatic heterocycles. The van der Waals surface area contributed by atoms with E-state index >= 15 is 0 Å². The summed E-state index contributed by atoms with van der Waals surface area (Å²) in [5.41, 5.74) is 0.165. The third-order valence-corrected chi connectivity index (χ3v) is 2.71. The first kappa shape index (κ1) is 12.2. The smallest absolute Gasteiger partial charge is 0.418 e. The fourth-order valence-corrected chi connectivity index (χ4v) is 1.99. The Morgan fingerprint density at radius 3 is 2.59 bits per heavy atom. The molecule has 0 fully saturated rings. The molecule has 2 nitrogen and oxygen atoms in total. The molecular formula is C12H13F3O2. The van der Waals surface area contributed by atoms with Crippen molar-refractivity contribution in [3.63, 3.8) is 0 Å². The van der Waals surface area contributed by atoms with Crippen molar-refractivity contribution in [3.8, 4) is 5.75 Å². The van der Waals surface area contributed by atoms with Crippen LogP contribution in [0, 0.1) is 0 Å². The van der Waals surface area contributed by atoms with Gasteiger partial charge in [-0.3, -0.25) is 0 Å². The summed E-state index contributed by atoms with van der Waals surface area (Å²) >= 11 is 0. The second-order valence-corrected chi connectivity index (χ2v) is 4.85. The highest BCUT2D eigenvalue weighted by Gasteiger charge is 2.40. The molecule has 1 aromatic carbocycles. The highest BCUT2D eigenvalue weighted by Crippen LogP contribution is 2.39. The Morgan fingerprint density at radius 2 is 2.00 bits per heavy atom. The van der Waals surface area contributed by atoms with Crippen LogP contribution in [0.1, 0.15) is 31.1 Å². The van der Waals surface area contributed by atoms with Gasteiger partial charge in [0.25, 0.3) is 0 Å². The van der Waals surface area contributed by atoms with Crippen LogP contribution in [-0.2, 0) is 6.42 Å². The van der Waals surface area contributed by atoms with Crippen molar-refractivity contribution in [2.75, 3.05) is 0 Å². The molecule has 0 aliphatic carbocycles. The Kier molecular flexibility index (Phi) is 2.61. The highest BCUT2D eigenvalue weighted by atomic mass is 19.4. The number of benzene rings is 1. The van der Waals surface area contributed by atoms with Gasteiger partial charge < -0.3 is 9.84 Å². The van der Waals surface area contributed by atoms with Crippen LogP contribution >= 0.6 is 0 Å². The average Bonchev–Trinajstić information content (AvgIpc) is 2.47. The van der Waals surface area contributed by atoms with Crippen molar-refractivity contribution in [2.24, 2.45) is 0 Å². The zero-order chi connectivity index (χ0) is 12.8. The third kappa shape index (κ3) is 2.39. The lowest BCUT2D eigenvalue weighted by Crippen LogP contribution is -2.24. The number of halogens is 3. The normalized spacial score (nSPS) is 19.6. The maximum atomic E-state index is 12.4. The molecule has 94 valence electrons. The van der Waals surface area contributed by atoms with Crippen LogP contribution in [0.5, 0.6) is 5.75 Å². The van der Waals surface area contributed by atoms with Crippen LogP contribution in [-0.4, -0.2) is 16.9 Å². The summed E-state index contributed by atoms with van der Waals surface area (Å²) in [5.74, 6) is 0.591. The zero-order valence-electron chi connectivity index (χ0n) is 9.51. The summed E-state index contributed by atoms with van der Waals surface area (Å²) in [7, 11) is 0. The second kappa shape index (κ2) is 3.63. The van der Waals surface area contributed by atoms with Crippen LogP contribution in [0.2, 0.25) is 0 Å². The summed E-state index contributed by atoms with van der Waals surface area (Å²) in [6, 6.07) is 4.09. The van der Waals surface area contributed by atoms with E-state index in [1.54, 1.807) is 0 Å². The van der Waals surface area contributed by atoms with E-state index in [2.05, 4.69) is 0 Å². The van der Waals surface area contributed by atoms with Crippen LogP contribution in [0.15, 0.2) is 18.2 Å². The number of hydrogen-bond donors (Lipinski definition) is 1. The SMILES string of the molecule is CC1(C)Cc2cc(C(O)C(F)(F)F)ccc2O1. The first-order valence-electron chi connectivity index (χ1n) is 5.26. The van der Waals surface area contributed by atoms with Gasteiger partial charge in [0.2, 0.25) is 0 Å². The molecule has 1 unspecified atom stereocenters. The van der Waals surface area contributed by atoms with E-state index in [9.17, 15) is 13.2 Å².